The van der Waals surface area contributed by atoms with Gasteiger partial charge >= 0.3 is 6.18 Å². The molecule has 0 fully saturated rings. The molecule has 0 aliphatic carbocycles. The minimum Gasteiger partial charge on any atom is -0.311 e. The monoisotopic (exact) mass is 325 g/mol. The van der Waals surface area contributed by atoms with Crippen LogP contribution in [0.1, 0.15) is 23.7 Å². The van der Waals surface area contributed by atoms with Gasteiger partial charge in [-0.15, -0.1) is 0 Å². The third-order valence-corrected chi connectivity index (χ3v) is 3.49. The molecular formula is C16H18F3N3O. The highest BCUT2D eigenvalue weighted by Crippen LogP contribution is 2.27. The third kappa shape index (κ3) is 3.91. The minimum atomic E-state index is -4.51. The predicted octanol–water partition coefficient (Wildman–Crippen LogP) is 3.57. The van der Waals surface area contributed by atoms with Crippen molar-refractivity contribution >= 4 is 11.6 Å². The van der Waals surface area contributed by atoms with Crippen molar-refractivity contribution < 1.29 is 18.0 Å². The first kappa shape index (κ1) is 17.1. The number of amides is 1. The number of anilines is 1. The lowest BCUT2D eigenvalue weighted by atomic mass is 10.1. The van der Waals surface area contributed by atoms with Gasteiger partial charge in [-0.05, 0) is 38.5 Å². The Balaban J connectivity index is 2.19. The second-order valence-corrected chi connectivity index (χ2v) is 5.32. The second-order valence-electron chi connectivity index (χ2n) is 5.32. The molecule has 0 radical (unpaired) electrons. The lowest BCUT2D eigenvalue weighted by molar-refractivity contribution is -0.141. The van der Waals surface area contributed by atoms with Crippen LogP contribution in [-0.4, -0.2) is 22.2 Å². The van der Waals surface area contributed by atoms with Gasteiger partial charge in [0.1, 0.15) is 6.54 Å². The molecule has 0 N–H and O–H groups in total. The molecule has 0 saturated heterocycles. The van der Waals surface area contributed by atoms with Crippen molar-refractivity contribution in [2.75, 3.05) is 11.4 Å². The smallest absolute Gasteiger partial charge is 0.311 e. The van der Waals surface area contributed by atoms with Crippen LogP contribution < -0.4 is 4.90 Å². The average Bonchev–Trinajstić information content (AvgIpc) is 2.90. The van der Waals surface area contributed by atoms with Crippen molar-refractivity contribution in [2.45, 2.75) is 33.5 Å². The summed E-state index contributed by atoms with van der Waals surface area (Å²) in [6, 6.07) is 6.56. The highest BCUT2D eigenvalue weighted by molar-refractivity contribution is 5.93. The molecule has 0 saturated carbocycles. The molecular weight excluding hydrogens is 307 g/mol. The van der Waals surface area contributed by atoms with Crippen LogP contribution >= 0.6 is 0 Å². The fourth-order valence-corrected chi connectivity index (χ4v) is 2.41. The number of benzene rings is 1. The number of hydrogen-bond donors (Lipinski definition) is 0. The van der Waals surface area contributed by atoms with Gasteiger partial charge in [-0.25, -0.2) is 0 Å². The van der Waals surface area contributed by atoms with Gasteiger partial charge in [0.15, 0.2) is 5.69 Å². The van der Waals surface area contributed by atoms with Gasteiger partial charge in [-0.1, -0.05) is 17.7 Å². The molecule has 0 atom stereocenters. The van der Waals surface area contributed by atoms with Crippen LogP contribution in [0.15, 0.2) is 30.5 Å². The van der Waals surface area contributed by atoms with Gasteiger partial charge in [0, 0.05) is 18.4 Å². The maximum Gasteiger partial charge on any atom is 0.435 e. The summed E-state index contributed by atoms with van der Waals surface area (Å²) in [6.07, 6.45) is -3.34. The lowest BCUT2D eigenvalue weighted by Crippen LogP contribution is -2.34. The summed E-state index contributed by atoms with van der Waals surface area (Å²) in [5.74, 6) is -0.309. The number of rotatable bonds is 4. The Labute approximate surface area is 132 Å². The van der Waals surface area contributed by atoms with Crippen LogP contribution in [0.5, 0.6) is 0 Å². The van der Waals surface area contributed by atoms with Crippen molar-refractivity contribution in [2.24, 2.45) is 0 Å². The molecule has 23 heavy (non-hydrogen) atoms. The summed E-state index contributed by atoms with van der Waals surface area (Å²) >= 11 is 0. The van der Waals surface area contributed by atoms with E-state index in [9.17, 15) is 18.0 Å². The van der Waals surface area contributed by atoms with Crippen molar-refractivity contribution in [3.05, 3.63) is 47.3 Å². The summed E-state index contributed by atoms with van der Waals surface area (Å²) in [7, 11) is 0. The first-order valence-electron chi connectivity index (χ1n) is 7.20. The number of carbonyl (C=O) groups excluding carboxylic acids is 1. The van der Waals surface area contributed by atoms with Crippen molar-refractivity contribution in [1.29, 1.82) is 0 Å². The van der Waals surface area contributed by atoms with Crippen LogP contribution in [0.2, 0.25) is 0 Å². The Hall–Kier alpha value is -2.31. The maximum absolute atomic E-state index is 12.5. The third-order valence-electron chi connectivity index (χ3n) is 3.49. The molecule has 1 heterocycles. The molecule has 0 aliphatic rings. The van der Waals surface area contributed by atoms with Crippen molar-refractivity contribution in [1.82, 2.24) is 9.78 Å². The number of likely N-dealkylation sites (N-methyl/N-ethyl adjacent to an activating group) is 1. The van der Waals surface area contributed by atoms with E-state index in [4.69, 9.17) is 0 Å². The van der Waals surface area contributed by atoms with Gasteiger partial charge in [-0.3, -0.25) is 9.48 Å². The molecule has 124 valence electrons. The Kier molecular flexibility index (Phi) is 4.77. The Morgan fingerprint density at radius 2 is 1.96 bits per heavy atom. The zero-order valence-electron chi connectivity index (χ0n) is 13.2. The van der Waals surface area contributed by atoms with Crippen LogP contribution in [0.25, 0.3) is 0 Å². The highest BCUT2D eigenvalue weighted by atomic mass is 19.4. The van der Waals surface area contributed by atoms with Gasteiger partial charge in [0.05, 0.1) is 0 Å². The number of alkyl halides is 3. The maximum atomic E-state index is 12.5. The summed E-state index contributed by atoms with van der Waals surface area (Å²) in [4.78, 5) is 14.0. The number of carbonyl (C=O) groups is 1. The van der Waals surface area contributed by atoms with E-state index in [0.717, 1.165) is 33.8 Å². The van der Waals surface area contributed by atoms with Gasteiger partial charge < -0.3 is 4.90 Å². The van der Waals surface area contributed by atoms with Crippen LogP contribution in [0.3, 0.4) is 0 Å². The molecule has 1 amide bonds. The molecule has 0 aliphatic heterocycles. The number of aryl methyl sites for hydroxylation is 2. The molecule has 2 rings (SSSR count). The van der Waals surface area contributed by atoms with Crippen molar-refractivity contribution in [3.8, 4) is 0 Å². The summed E-state index contributed by atoms with van der Waals surface area (Å²) in [5.41, 5.74) is 1.78. The van der Waals surface area contributed by atoms with Gasteiger partial charge in [-0.2, -0.15) is 18.3 Å². The molecule has 0 spiro atoms. The van der Waals surface area contributed by atoms with E-state index < -0.39 is 11.9 Å². The topological polar surface area (TPSA) is 38.1 Å². The first-order chi connectivity index (χ1) is 10.7. The standard InChI is InChI=1S/C16H18F3N3O/c1-4-22(13-6-5-11(2)9-12(13)3)15(23)10-21-8-7-14(20-21)16(17,18)19/h5-9H,4,10H2,1-3H3. The minimum absolute atomic E-state index is 0.239. The molecule has 1 aromatic carbocycles. The fraction of sp³-hybridized carbons (Fsp3) is 0.375. The second kappa shape index (κ2) is 6.44. The first-order valence-corrected chi connectivity index (χ1v) is 7.20. The van der Waals surface area contributed by atoms with Gasteiger partial charge in [0.25, 0.3) is 0 Å². The quantitative estimate of drug-likeness (QED) is 0.862. The number of nitrogens with zero attached hydrogens (tertiary/aromatic N) is 3. The zero-order valence-corrected chi connectivity index (χ0v) is 13.2. The SMILES string of the molecule is CCN(C(=O)Cn1ccc(C(F)(F)F)n1)c1ccc(C)cc1C. The molecule has 0 unspecified atom stereocenters. The fourth-order valence-electron chi connectivity index (χ4n) is 2.41. The molecule has 7 heteroatoms. The number of hydrogen-bond acceptors (Lipinski definition) is 2. The lowest BCUT2D eigenvalue weighted by Gasteiger charge is -2.23. The Morgan fingerprint density at radius 3 is 2.48 bits per heavy atom. The van der Waals surface area contributed by atoms with E-state index in [1.807, 2.05) is 39.0 Å². The molecule has 1 aromatic heterocycles. The predicted molar refractivity (Wildman–Crippen MR) is 81.2 cm³/mol. The van der Waals surface area contributed by atoms with Crippen LogP contribution in [-0.2, 0) is 17.5 Å². The van der Waals surface area contributed by atoms with E-state index in [1.165, 1.54) is 0 Å². The van der Waals surface area contributed by atoms with E-state index in [1.54, 1.807) is 4.90 Å². The highest BCUT2D eigenvalue weighted by Gasteiger charge is 2.33. The zero-order chi connectivity index (χ0) is 17.2. The largest absolute Gasteiger partial charge is 0.435 e. The summed E-state index contributed by atoms with van der Waals surface area (Å²) in [6.45, 7) is 5.86. The van der Waals surface area contributed by atoms with Crippen molar-refractivity contribution in [3.63, 3.8) is 0 Å². The van der Waals surface area contributed by atoms with Crippen LogP contribution in [0.4, 0.5) is 18.9 Å². The Morgan fingerprint density at radius 1 is 1.26 bits per heavy atom. The van der Waals surface area contributed by atoms with E-state index in [0.29, 0.717) is 6.54 Å². The van der Waals surface area contributed by atoms with E-state index >= 15 is 0 Å². The number of halogens is 3. The number of aromatic nitrogens is 2. The molecule has 0 bridgehead atoms. The summed E-state index contributed by atoms with van der Waals surface area (Å²) in [5, 5.41) is 3.41. The molecule has 2 aromatic rings. The van der Waals surface area contributed by atoms with Gasteiger partial charge in [0.2, 0.25) is 5.91 Å². The summed E-state index contributed by atoms with van der Waals surface area (Å²) < 4.78 is 38.7. The normalized spacial score (nSPS) is 11.6. The average molecular weight is 325 g/mol. The van der Waals surface area contributed by atoms with E-state index in [-0.39, 0.29) is 12.5 Å². The Bertz CT molecular complexity index is 707. The van der Waals surface area contributed by atoms with E-state index in [2.05, 4.69) is 5.10 Å². The molecule has 4 nitrogen and oxygen atoms in total. The van der Waals surface area contributed by atoms with Crippen LogP contribution in [0, 0.1) is 13.8 Å².